The summed E-state index contributed by atoms with van der Waals surface area (Å²) in [6, 6.07) is 5.03. The van der Waals surface area contributed by atoms with Crippen LogP contribution in [0.3, 0.4) is 0 Å². The standard InChI is InChI=1S/C14H18N2O3/c1-9-6-7-15(10(9)2)13-5-4-12(11(3)17)8-14(13)16(18)19/h4-5,8-10H,6-7H2,1-3H3. The van der Waals surface area contributed by atoms with E-state index in [0.717, 1.165) is 13.0 Å². The van der Waals surface area contributed by atoms with E-state index in [9.17, 15) is 14.9 Å². The summed E-state index contributed by atoms with van der Waals surface area (Å²) in [5, 5.41) is 11.2. The molecule has 1 saturated heterocycles. The Hall–Kier alpha value is -1.91. The number of nitro groups is 1. The maximum absolute atomic E-state index is 11.3. The van der Waals surface area contributed by atoms with E-state index in [-0.39, 0.29) is 17.5 Å². The molecule has 0 radical (unpaired) electrons. The summed E-state index contributed by atoms with van der Waals surface area (Å²) in [6.07, 6.45) is 1.03. The zero-order valence-corrected chi connectivity index (χ0v) is 11.4. The number of carbonyl (C=O) groups excluding carboxylic acids is 1. The molecule has 1 aromatic rings. The quantitative estimate of drug-likeness (QED) is 0.477. The second-order valence-electron chi connectivity index (χ2n) is 5.22. The first-order chi connectivity index (χ1) is 8.91. The fourth-order valence-electron chi connectivity index (χ4n) is 2.57. The van der Waals surface area contributed by atoms with Crippen LogP contribution >= 0.6 is 0 Å². The van der Waals surface area contributed by atoms with E-state index in [1.807, 2.05) is 0 Å². The number of hydrogen-bond acceptors (Lipinski definition) is 4. The van der Waals surface area contributed by atoms with E-state index in [2.05, 4.69) is 18.7 Å². The van der Waals surface area contributed by atoms with Gasteiger partial charge in [-0.15, -0.1) is 0 Å². The molecule has 19 heavy (non-hydrogen) atoms. The maximum atomic E-state index is 11.3. The summed E-state index contributed by atoms with van der Waals surface area (Å²) in [4.78, 5) is 24.2. The SMILES string of the molecule is CC(=O)c1ccc(N2CCC(C)C2C)c([N+](=O)[O-])c1. The summed E-state index contributed by atoms with van der Waals surface area (Å²) in [7, 11) is 0. The highest BCUT2D eigenvalue weighted by Gasteiger charge is 2.31. The highest BCUT2D eigenvalue weighted by atomic mass is 16.6. The maximum Gasteiger partial charge on any atom is 0.293 e. The molecule has 0 amide bonds. The second-order valence-corrected chi connectivity index (χ2v) is 5.22. The molecule has 2 rings (SSSR count). The van der Waals surface area contributed by atoms with Crippen LogP contribution in [0.2, 0.25) is 0 Å². The molecule has 0 aliphatic carbocycles. The highest BCUT2D eigenvalue weighted by molar-refractivity contribution is 5.95. The van der Waals surface area contributed by atoms with Crippen molar-refractivity contribution in [2.75, 3.05) is 11.4 Å². The Morgan fingerprint density at radius 2 is 2.11 bits per heavy atom. The normalized spacial score (nSPS) is 22.6. The Kier molecular flexibility index (Phi) is 3.55. The van der Waals surface area contributed by atoms with Gasteiger partial charge in [-0.25, -0.2) is 0 Å². The topological polar surface area (TPSA) is 63.5 Å². The van der Waals surface area contributed by atoms with E-state index >= 15 is 0 Å². The molecule has 102 valence electrons. The van der Waals surface area contributed by atoms with Gasteiger partial charge in [0, 0.05) is 24.2 Å². The lowest BCUT2D eigenvalue weighted by Gasteiger charge is -2.25. The van der Waals surface area contributed by atoms with Crippen molar-refractivity contribution in [3.05, 3.63) is 33.9 Å². The van der Waals surface area contributed by atoms with Crippen LogP contribution in [-0.2, 0) is 0 Å². The van der Waals surface area contributed by atoms with Gasteiger partial charge < -0.3 is 4.90 Å². The first-order valence-corrected chi connectivity index (χ1v) is 6.48. The fourth-order valence-corrected chi connectivity index (χ4v) is 2.57. The van der Waals surface area contributed by atoms with Crippen molar-refractivity contribution in [2.45, 2.75) is 33.2 Å². The first kappa shape index (κ1) is 13.5. The van der Waals surface area contributed by atoms with Crippen molar-refractivity contribution in [1.29, 1.82) is 0 Å². The Bertz CT molecular complexity index is 527. The van der Waals surface area contributed by atoms with Crippen LogP contribution in [0.15, 0.2) is 18.2 Å². The Labute approximate surface area is 112 Å². The molecule has 5 heteroatoms. The third-order valence-electron chi connectivity index (χ3n) is 4.03. The number of anilines is 1. The molecule has 0 aromatic heterocycles. The van der Waals surface area contributed by atoms with Crippen molar-refractivity contribution in [2.24, 2.45) is 5.92 Å². The average molecular weight is 262 g/mol. The molecule has 5 nitrogen and oxygen atoms in total. The van der Waals surface area contributed by atoms with E-state index < -0.39 is 4.92 Å². The molecule has 1 fully saturated rings. The zero-order chi connectivity index (χ0) is 14.2. The minimum atomic E-state index is -0.405. The van der Waals surface area contributed by atoms with Gasteiger partial charge >= 0.3 is 0 Å². The van der Waals surface area contributed by atoms with Crippen molar-refractivity contribution >= 4 is 17.2 Å². The number of ketones is 1. The third-order valence-corrected chi connectivity index (χ3v) is 4.03. The van der Waals surface area contributed by atoms with Crippen molar-refractivity contribution in [3.63, 3.8) is 0 Å². The van der Waals surface area contributed by atoms with Crippen molar-refractivity contribution in [1.82, 2.24) is 0 Å². The summed E-state index contributed by atoms with van der Waals surface area (Å²) < 4.78 is 0. The van der Waals surface area contributed by atoms with Gasteiger partial charge in [-0.2, -0.15) is 0 Å². The molecule has 1 aliphatic rings. The summed E-state index contributed by atoms with van der Waals surface area (Å²) in [6.45, 7) is 6.47. The van der Waals surface area contributed by atoms with Crippen molar-refractivity contribution < 1.29 is 9.72 Å². The number of benzene rings is 1. The van der Waals surface area contributed by atoms with E-state index in [1.54, 1.807) is 12.1 Å². The van der Waals surface area contributed by atoms with Gasteiger partial charge in [0.2, 0.25) is 0 Å². The Balaban J connectivity index is 2.45. The molecule has 1 aliphatic heterocycles. The summed E-state index contributed by atoms with van der Waals surface area (Å²) >= 11 is 0. The lowest BCUT2D eigenvalue weighted by molar-refractivity contribution is -0.384. The van der Waals surface area contributed by atoms with Crippen LogP contribution in [0.5, 0.6) is 0 Å². The largest absolute Gasteiger partial charge is 0.363 e. The second kappa shape index (κ2) is 4.99. The zero-order valence-electron chi connectivity index (χ0n) is 11.4. The van der Waals surface area contributed by atoms with Crippen LogP contribution in [0.1, 0.15) is 37.6 Å². The smallest absolute Gasteiger partial charge is 0.293 e. The number of nitrogens with zero attached hydrogens (tertiary/aromatic N) is 2. The Morgan fingerprint density at radius 1 is 1.42 bits per heavy atom. The summed E-state index contributed by atoms with van der Waals surface area (Å²) in [5.74, 6) is 0.365. The average Bonchev–Trinajstić information content (AvgIpc) is 2.69. The molecule has 0 saturated carbocycles. The van der Waals surface area contributed by atoms with E-state index in [4.69, 9.17) is 0 Å². The molecule has 0 N–H and O–H groups in total. The monoisotopic (exact) mass is 262 g/mol. The minimum Gasteiger partial charge on any atom is -0.363 e. The number of hydrogen-bond donors (Lipinski definition) is 0. The van der Waals surface area contributed by atoms with E-state index in [1.165, 1.54) is 13.0 Å². The number of rotatable bonds is 3. The first-order valence-electron chi connectivity index (χ1n) is 6.48. The van der Waals surface area contributed by atoms with Crippen LogP contribution in [-0.4, -0.2) is 23.3 Å². The van der Waals surface area contributed by atoms with E-state index in [0.29, 0.717) is 17.2 Å². The van der Waals surface area contributed by atoms with Gasteiger partial charge in [0.25, 0.3) is 5.69 Å². The molecule has 0 spiro atoms. The van der Waals surface area contributed by atoms with Gasteiger partial charge in [-0.1, -0.05) is 6.92 Å². The van der Waals surface area contributed by atoms with Gasteiger partial charge in [0.1, 0.15) is 5.69 Å². The number of Topliss-reactive ketones (excluding diaryl/α,β-unsaturated/α-hetero) is 1. The molecule has 1 heterocycles. The van der Waals surface area contributed by atoms with Gasteiger partial charge in [0.15, 0.2) is 5.78 Å². The predicted octanol–water partition coefficient (Wildman–Crippen LogP) is 3.03. The predicted molar refractivity (Wildman–Crippen MR) is 73.7 cm³/mol. The Morgan fingerprint density at radius 3 is 2.58 bits per heavy atom. The molecule has 0 bridgehead atoms. The molecule has 1 aromatic carbocycles. The van der Waals surface area contributed by atoms with Crippen molar-refractivity contribution in [3.8, 4) is 0 Å². The molecule has 2 atom stereocenters. The van der Waals surface area contributed by atoms with Crippen LogP contribution in [0, 0.1) is 16.0 Å². The summed E-state index contributed by atoms with van der Waals surface area (Å²) in [5.41, 5.74) is 1.02. The van der Waals surface area contributed by atoms with Crippen LogP contribution in [0.4, 0.5) is 11.4 Å². The minimum absolute atomic E-state index is 0.0219. The number of nitro benzene ring substituents is 1. The van der Waals surface area contributed by atoms with Crippen LogP contribution < -0.4 is 4.90 Å². The molecule has 2 unspecified atom stereocenters. The lowest BCUT2D eigenvalue weighted by Crippen LogP contribution is -2.29. The number of carbonyl (C=O) groups is 1. The fraction of sp³-hybridized carbons (Fsp3) is 0.500. The van der Waals surface area contributed by atoms with Crippen LogP contribution in [0.25, 0.3) is 0 Å². The molecular weight excluding hydrogens is 244 g/mol. The molecular formula is C14H18N2O3. The van der Waals surface area contributed by atoms with Gasteiger partial charge in [-0.05, 0) is 38.3 Å². The van der Waals surface area contributed by atoms with Gasteiger partial charge in [-0.3, -0.25) is 14.9 Å². The highest BCUT2D eigenvalue weighted by Crippen LogP contribution is 2.36. The van der Waals surface area contributed by atoms with Gasteiger partial charge in [0.05, 0.1) is 4.92 Å². The lowest BCUT2D eigenvalue weighted by atomic mass is 10.0. The third kappa shape index (κ3) is 2.45.